The van der Waals surface area contributed by atoms with Crippen molar-refractivity contribution >= 4 is 0 Å². The van der Waals surface area contributed by atoms with E-state index in [1.807, 2.05) is 37.3 Å². The van der Waals surface area contributed by atoms with E-state index >= 15 is 0 Å². The fraction of sp³-hybridized carbons (Fsp3) is 0.154. The summed E-state index contributed by atoms with van der Waals surface area (Å²) in [6, 6.07) is 9.49. The van der Waals surface area contributed by atoms with Gasteiger partial charge in [-0.15, -0.1) is 0 Å². The molecule has 0 amide bonds. The average molecular weight is 213 g/mol. The maximum atomic E-state index is 8.57. The highest BCUT2D eigenvalue weighted by Crippen LogP contribution is 2.20. The van der Waals surface area contributed by atoms with E-state index in [9.17, 15) is 0 Å². The minimum atomic E-state index is -0.122. The first kappa shape index (κ1) is 10.5. The van der Waals surface area contributed by atoms with E-state index in [1.54, 1.807) is 0 Å². The van der Waals surface area contributed by atoms with Crippen LogP contribution in [0.4, 0.5) is 0 Å². The quantitative estimate of drug-likeness (QED) is 0.737. The van der Waals surface area contributed by atoms with Gasteiger partial charge in [0.05, 0.1) is 5.69 Å². The van der Waals surface area contributed by atoms with Crippen LogP contribution in [-0.2, 0) is 0 Å². The first-order valence-corrected chi connectivity index (χ1v) is 4.93. The van der Waals surface area contributed by atoms with Gasteiger partial charge < -0.3 is 9.63 Å². The number of rotatable bonds is 1. The average Bonchev–Trinajstić information content (AvgIpc) is 2.74. The minimum absolute atomic E-state index is 0.122. The topological polar surface area (TPSA) is 46.3 Å². The van der Waals surface area contributed by atoms with Crippen molar-refractivity contribution < 1.29 is 9.63 Å². The number of hydrogen-bond donors (Lipinski definition) is 1. The third kappa shape index (κ3) is 2.30. The van der Waals surface area contributed by atoms with E-state index in [4.69, 9.17) is 9.63 Å². The lowest BCUT2D eigenvalue weighted by Crippen LogP contribution is -1.78. The SMILES string of the molecule is Cc1cc(-c2ccc(C#CCO)cc2)on1. The standard InChI is InChI=1S/C13H11NO2/c1-10-9-13(16-14-10)12-6-4-11(5-7-12)3-2-8-15/h4-7,9,15H,8H2,1H3. The van der Waals surface area contributed by atoms with E-state index in [2.05, 4.69) is 17.0 Å². The lowest BCUT2D eigenvalue weighted by Gasteiger charge is -1.95. The number of aromatic nitrogens is 1. The fourth-order valence-electron chi connectivity index (χ4n) is 1.36. The number of aliphatic hydroxyl groups is 1. The molecule has 2 aromatic rings. The van der Waals surface area contributed by atoms with E-state index in [0.717, 1.165) is 22.6 Å². The Labute approximate surface area is 93.7 Å². The highest BCUT2D eigenvalue weighted by atomic mass is 16.5. The summed E-state index contributed by atoms with van der Waals surface area (Å²) in [5, 5.41) is 12.4. The van der Waals surface area contributed by atoms with Gasteiger partial charge in [0.25, 0.3) is 0 Å². The Morgan fingerprint density at radius 3 is 2.62 bits per heavy atom. The molecule has 2 rings (SSSR count). The molecule has 1 aromatic heterocycles. The highest BCUT2D eigenvalue weighted by Gasteiger charge is 2.02. The predicted octanol–water partition coefficient (Wildman–Crippen LogP) is 1.99. The van der Waals surface area contributed by atoms with Crippen molar-refractivity contribution in [3.05, 3.63) is 41.6 Å². The van der Waals surface area contributed by atoms with Gasteiger partial charge in [0.1, 0.15) is 6.61 Å². The number of benzene rings is 1. The molecule has 3 nitrogen and oxygen atoms in total. The summed E-state index contributed by atoms with van der Waals surface area (Å²) in [5.74, 6) is 6.18. The Morgan fingerprint density at radius 1 is 1.31 bits per heavy atom. The molecule has 16 heavy (non-hydrogen) atoms. The molecule has 0 saturated heterocycles. The van der Waals surface area contributed by atoms with Crippen LogP contribution in [0, 0.1) is 18.8 Å². The van der Waals surface area contributed by atoms with Crippen LogP contribution >= 0.6 is 0 Å². The van der Waals surface area contributed by atoms with Crippen molar-refractivity contribution in [2.24, 2.45) is 0 Å². The third-order valence-corrected chi connectivity index (χ3v) is 2.11. The molecule has 0 radical (unpaired) electrons. The largest absolute Gasteiger partial charge is 0.384 e. The number of aryl methyl sites for hydroxylation is 1. The molecule has 0 bridgehead atoms. The molecule has 0 saturated carbocycles. The van der Waals surface area contributed by atoms with Crippen LogP contribution in [0.1, 0.15) is 11.3 Å². The molecule has 0 unspecified atom stereocenters. The summed E-state index contributed by atoms with van der Waals surface area (Å²) < 4.78 is 5.15. The van der Waals surface area contributed by atoms with Crippen molar-refractivity contribution in [2.75, 3.05) is 6.61 Å². The minimum Gasteiger partial charge on any atom is -0.384 e. The Morgan fingerprint density at radius 2 is 2.06 bits per heavy atom. The second-order valence-electron chi connectivity index (χ2n) is 3.37. The van der Waals surface area contributed by atoms with Gasteiger partial charge >= 0.3 is 0 Å². The molecule has 0 aliphatic heterocycles. The summed E-state index contributed by atoms with van der Waals surface area (Å²) in [5.41, 5.74) is 2.70. The zero-order valence-corrected chi connectivity index (χ0v) is 8.90. The summed E-state index contributed by atoms with van der Waals surface area (Å²) >= 11 is 0. The molecule has 0 spiro atoms. The molecule has 0 fully saturated rings. The zero-order valence-electron chi connectivity index (χ0n) is 8.90. The molecule has 3 heteroatoms. The second kappa shape index (κ2) is 4.65. The summed E-state index contributed by atoms with van der Waals surface area (Å²) in [6.07, 6.45) is 0. The van der Waals surface area contributed by atoms with E-state index in [0.29, 0.717) is 0 Å². The molecule has 0 aliphatic rings. The van der Waals surface area contributed by atoms with Crippen LogP contribution in [0.15, 0.2) is 34.9 Å². The Balaban J connectivity index is 2.25. The van der Waals surface area contributed by atoms with Gasteiger partial charge in [-0.05, 0) is 31.2 Å². The molecule has 80 valence electrons. The fourth-order valence-corrected chi connectivity index (χ4v) is 1.36. The van der Waals surface area contributed by atoms with E-state index < -0.39 is 0 Å². The van der Waals surface area contributed by atoms with Gasteiger partial charge in [-0.2, -0.15) is 0 Å². The van der Waals surface area contributed by atoms with Gasteiger partial charge in [-0.3, -0.25) is 0 Å². The highest BCUT2D eigenvalue weighted by molar-refractivity contribution is 5.58. The Bertz CT molecular complexity index is 529. The first-order chi connectivity index (χ1) is 7.79. The van der Waals surface area contributed by atoms with Crippen LogP contribution in [0.3, 0.4) is 0 Å². The van der Waals surface area contributed by atoms with Crippen LogP contribution in [0.25, 0.3) is 11.3 Å². The van der Waals surface area contributed by atoms with E-state index in [-0.39, 0.29) is 6.61 Å². The number of aliphatic hydroxyl groups excluding tert-OH is 1. The summed E-state index contributed by atoms with van der Waals surface area (Å²) in [6.45, 7) is 1.76. The maximum Gasteiger partial charge on any atom is 0.167 e. The first-order valence-electron chi connectivity index (χ1n) is 4.93. The normalized spacial score (nSPS) is 9.62. The van der Waals surface area contributed by atoms with Gasteiger partial charge in [-0.25, -0.2) is 0 Å². The Hall–Kier alpha value is -2.05. The molecule has 0 aliphatic carbocycles. The monoisotopic (exact) mass is 213 g/mol. The molecule has 1 heterocycles. The Kier molecular flexibility index (Phi) is 3.04. The molecule has 1 aromatic carbocycles. The lowest BCUT2D eigenvalue weighted by atomic mass is 10.1. The third-order valence-electron chi connectivity index (χ3n) is 2.11. The van der Waals surface area contributed by atoms with Gasteiger partial charge in [-0.1, -0.05) is 17.0 Å². The van der Waals surface area contributed by atoms with Crippen LogP contribution < -0.4 is 0 Å². The van der Waals surface area contributed by atoms with Gasteiger partial charge in [0.2, 0.25) is 0 Å². The molecule has 0 atom stereocenters. The zero-order chi connectivity index (χ0) is 11.4. The number of hydrogen-bond acceptors (Lipinski definition) is 3. The van der Waals surface area contributed by atoms with Crippen molar-refractivity contribution in [2.45, 2.75) is 6.92 Å². The van der Waals surface area contributed by atoms with Crippen LogP contribution in [0.5, 0.6) is 0 Å². The van der Waals surface area contributed by atoms with E-state index in [1.165, 1.54) is 0 Å². The smallest absolute Gasteiger partial charge is 0.167 e. The predicted molar refractivity (Wildman–Crippen MR) is 60.6 cm³/mol. The van der Waals surface area contributed by atoms with Crippen molar-refractivity contribution in [1.29, 1.82) is 0 Å². The summed E-state index contributed by atoms with van der Waals surface area (Å²) in [4.78, 5) is 0. The van der Waals surface area contributed by atoms with Crippen LogP contribution in [0.2, 0.25) is 0 Å². The molecule has 1 N–H and O–H groups in total. The number of nitrogens with zero attached hydrogens (tertiary/aromatic N) is 1. The van der Waals surface area contributed by atoms with Gasteiger partial charge in [0.15, 0.2) is 5.76 Å². The van der Waals surface area contributed by atoms with Crippen molar-refractivity contribution in [1.82, 2.24) is 5.16 Å². The lowest BCUT2D eigenvalue weighted by molar-refractivity contribution is 0.350. The second-order valence-corrected chi connectivity index (χ2v) is 3.37. The summed E-state index contributed by atoms with van der Waals surface area (Å²) in [7, 11) is 0. The molecular formula is C13H11NO2. The maximum absolute atomic E-state index is 8.57. The molecular weight excluding hydrogens is 202 g/mol. The van der Waals surface area contributed by atoms with Crippen molar-refractivity contribution in [3.8, 4) is 23.2 Å². The van der Waals surface area contributed by atoms with Crippen molar-refractivity contribution in [3.63, 3.8) is 0 Å². The van der Waals surface area contributed by atoms with Gasteiger partial charge in [0, 0.05) is 17.2 Å². The van der Waals surface area contributed by atoms with Crippen LogP contribution in [-0.4, -0.2) is 16.9 Å².